The van der Waals surface area contributed by atoms with Crippen molar-refractivity contribution in [1.29, 1.82) is 0 Å². The summed E-state index contributed by atoms with van der Waals surface area (Å²) in [5.41, 5.74) is 0.350. The number of hydrogen-bond acceptors (Lipinski definition) is 5. The van der Waals surface area contributed by atoms with Gasteiger partial charge in [-0.3, -0.25) is 4.79 Å². The molecule has 1 aromatic rings. The average molecular weight is 335 g/mol. The van der Waals surface area contributed by atoms with Crippen molar-refractivity contribution in [3.05, 3.63) is 35.4 Å². The Morgan fingerprint density at radius 3 is 2.17 bits per heavy atom. The maximum Gasteiger partial charge on any atom is 0.338 e. The van der Waals surface area contributed by atoms with E-state index in [1.54, 1.807) is 25.1 Å². The van der Waals surface area contributed by atoms with Gasteiger partial charge < -0.3 is 14.8 Å². The summed E-state index contributed by atoms with van der Waals surface area (Å²) in [5.74, 6) is -0.657. The summed E-state index contributed by atoms with van der Waals surface area (Å²) in [7, 11) is 0. The Morgan fingerprint density at radius 1 is 1.04 bits per heavy atom. The molecule has 0 aliphatic rings. The molecular weight excluding hydrogens is 306 g/mol. The molecule has 0 aromatic heterocycles. The molecule has 5 nitrogen and oxygen atoms in total. The molecule has 5 heteroatoms. The van der Waals surface area contributed by atoms with Gasteiger partial charge in [0.25, 0.3) is 0 Å². The van der Waals surface area contributed by atoms with E-state index in [9.17, 15) is 9.59 Å². The Morgan fingerprint density at radius 2 is 1.62 bits per heavy atom. The van der Waals surface area contributed by atoms with Gasteiger partial charge in [0.15, 0.2) is 0 Å². The van der Waals surface area contributed by atoms with Crippen molar-refractivity contribution in [2.24, 2.45) is 0 Å². The smallest absolute Gasteiger partial charge is 0.338 e. The van der Waals surface area contributed by atoms with E-state index < -0.39 is 17.2 Å². The lowest BCUT2D eigenvalue weighted by Gasteiger charge is -2.23. The van der Waals surface area contributed by atoms with Crippen LogP contribution in [0.4, 0.5) is 0 Å². The average Bonchev–Trinajstić information content (AvgIpc) is 2.41. The minimum Gasteiger partial charge on any atom is -0.459 e. The molecule has 0 fully saturated rings. The number of hydrogen-bond donors (Lipinski definition) is 1. The predicted molar refractivity (Wildman–Crippen MR) is 93.8 cm³/mol. The summed E-state index contributed by atoms with van der Waals surface area (Å²) < 4.78 is 10.7. The molecule has 0 bridgehead atoms. The van der Waals surface area contributed by atoms with Gasteiger partial charge in [0, 0.05) is 6.54 Å². The summed E-state index contributed by atoms with van der Waals surface area (Å²) >= 11 is 0. The Bertz CT molecular complexity index is 582. The molecule has 1 atom stereocenters. The zero-order valence-corrected chi connectivity index (χ0v) is 15.7. The first-order chi connectivity index (χ1) is 10.9. The van der Waals surface area contributed by atoms with Crippen LogP contribution in [0.2, 0.25) is 0 Å². The van der Waals surface area contributed by atoms with E-state index in [0.717, 1.165) is 5.56 Å². The van der Waals surface area contributed by atoms with Crippen molar-refractivity contribution < 1.29 is 19.1 Å². The fourth-order valence-electron chi connectivity index (χ4n) is 1.89. The third-order valence-electron chi connectivity index (χ3n) is 2.93. The standard InChI is InChI=1S/C19H29NO4/c1-13(16(21)23-18(2,3)4)20-12-14-9-8-10-15(11-14)17(22)24-19(5,6)7/h8-11,13,20H,12H2,1-7H3/t13-/m0/s1. The molecule has 0 aliphatic heterocycles. The molecule has 0 radical (unpaired) electrons. The van der Waals surface area contributed by atoms with E-state index in [-0.39, 0.29) is 11.9 Å². The fourth-order valence-corrected chi connectivity index (χ4v) is 1.89. The minimum atomic E-state index is -0.531. The lowest BCUT2D eigenvalue weighted by Crippen LogP contribution is -2.38. The van der Waals surface area contributed by atoms with Crippen molar-refractivity contribution in [1.82, 2.24) is 5.32 Å². The van der Waals surface area contributed by atoms with E-state index in [4.69, 9.17) is 9.47 Å². The van der Waals surface area contributed by atoms with Crippen LogP contribution >= 0.6 is 0 Å². The zero-order valence-electron chi connectivity index (χ0n) is 15.7. The number of nitrogens with one attached hydrogen (secondary N) is 1. The van der Waals surface area contributed by atoms with E-state index in [0.29, 0.717) is 12.1 Å². The van der Waals surface area contributed by atoms with Gasteiger partial charge in [-0.25, -0.2) is 4.79 Å². The zero-order chi connectivity index (χ0) is 18.5. The largest absolute Gasteiger partial charge is 0.459 e. The van der Waals surface area contributed by atoms with Crippen molar-refractivity contribution in [3.8, 4) is 0 Å². The second-order valence-corrected chi connectivity index (χ2v) is 7.84. The van der Waals surface area contributed by atoms with E-state index in [2.05, 4.69) is 5.32 Å². The highest BCUT2D eigenvalue weighted by atomic mass is 16.6. The molecule has 1 aromatic carbocycles. The molecule has 0 aliphatic carbocycles. The highest BCUT2D eigenvalue weighted by molar-refractivity contribution is 5.89. The summed E-state index contributed by atoms with van der Waals surface area (Å²) in [6, 6.07) is 6.74. The Hall–Kier alpha value is -1.88. The quantitative estimate of drug-likeness (QED) is 0.835. The van der Waals surface area contributed by atoms with Gasteiger partial charge >= 0.3 is 11.9 Å². The monoisotopic (exact) mass is 335 g/mol. The van der Waals surface area contributed by atoms with Gasteiger partial charge in [-0.1, -0.05) is 12.1 Å². The lowest BCUT2D eigenvalue weighted by atomic mass is 10.1. The molecule has 0 amide bonds. The van der Waals surface area contributed by atoms with Crippen LogP contribution in [-0.2, 0) is 20.8 Å². The Balaban J connectivity index is 2.65. The van der Waals surface area contributed by atoms with Crippen LogP contribution in [0.5, 0.6) is 0 Å². The number of rotatable bonds is 5. The second kappa shape index (κ2) is 7.79. The van der Waals surface area contributed by atoms with Gasteiger partial charge in [-0.05, 0) is 66.2 Å². The molecule has 0 saturated heterocycles. The molecule has 0 saturated carbocycles. The summed E-state index contributed by atoms with van der Waals surface area (Å²) in [6.45, 7) is 13.2. The van der Waals surface area contributed by atoms with E-state index in [1.807, 2.05) is 47.6 Å². The normalized spacial score (nSPS) is 13.3. The molecule has 1 rings (SSSR count). The SMILES string of the molecule is C[C@H](NCc1cccc(C(=O)OC(C)(C)C)c1)C(=O)OC(C)(C)C. The number of carbonyl (C=O) groups excluding carboxylic acids is 2. The van der Waals surface area contributed by atoms with E-state index >= 15 is 0 Å². The molecule has 1 N–H and O–H groups in total. The minimum absolute atomic E-state index is 0.300. The van der Waals surface area contributed by atoms with Crippen LogP contribution in [0, 0.1) is 0 Å². The van der Waals surface area contributed by atoms with Crippen LogP contribution in [0.1, 0.15) is 64.4 Å². The van der Waals surface area contributed by atoms with Crippen LogP contribution in [-0.4, -0.2) is 29.2 Å². The van der Waals surface area contributed by atoms with Crippen LogP contribution in [0.3, 0.4) is 0 Å². The third-order valence-corrected chi connectivity index (χ3v) is 2.93. The third kappa shape index (κ3) is 7.59. The summed E-state index contributed by atoms with van der Waals surface area (Å²) in [4.78, 5) is 24.1. The number of carbonyl (C=O) groups is 2. The maximum atomic E-state index is 12.1. The molecule has 0 unspecified atom stereocenters. The lowest BCUT2D eigenvalue weighted by molar-refractivity contribution is -0.157. The van der Waals surface area contributed by atoms with Gasteiger partial charge in [-0.2, -0.15) is 0 Å². The van der Waals surface area contributed by atoms with Gasteiger partial charge in [0.05, 0.1) is 5.56 Å². The van der Waals surface area contributed by atoms with Crippen LogP contribution in [0.25, 0.3) is 0 Å². The van der Waals surface area contributed by atoms with Crippen LogP contribution < -0.4 is 5.32 Å². The van der Waals surface area contributed by atoms with Gasteiger partial charge in [0.1, 0.15) is 17.2 Å². The Kier molecular flexibility index (Phi) is 6.55. The van der Waals surface area contributed by atoms with Crippen LogP contribution in [0.15, 0.2) is 24.3 Å². The molecule has 0 spiro atoms. The Labute approximate surface area is 144 Å². The first-order valence-electron chi connectivity index (χ1n) is 8.16. The maximum absolute atomic E-state index is 12.1. The van der Waals surface area contributed by atoms with Gasteiger partial charge in [0.2, 0.25) is 0 Å². The van der Waals surface area contributed by atoms with Crippen molar-refractivity contribution >= 4 is 11.9 Å². The first-order valence-corrected chi connectivity index (χ1v) is 8.16. The summed E-state index contributed by atoms with van der Waals surface area (Å²) in [6.07, 6.45) is 0. The number of ether oxygens (including phenoxy) is 2. The molecule has 0 heterocycles. The van der Waals surface area contributed by atoms with Gasteiger partial charge in [-0.15, -0.1) is 0 Å². The number of benzene rings is 1. The van der Waals surface area contributed by atoms with Crippen molar-refractivity contribution in [2.45, 2.75) is 72.3 Å². The fraction of sp³-hybridized carbons (Fsp3) is 0.579. The van der Waals surface area contributed by atoms with Crippen molar-refractivity contribution in [2.75, 3.05) is 0 Å². The van der Waals surface area contributed by atoms with E-state index in [1.165, 1.54) is 0 Å². The topological polar surface area (TPSA) is 64.6 Å². The van der Waals surface area contributed by atoms with Crippen molar-refractivity contribution in [3.63, 3.8) is 0 Å². The second-order valence-electron chi connectivity index (χ2n) is 7.84. The first kappa shape index (κ1) is 20.2. The highest BCUT2D eigenvalue weighted by Crippen LogP contribution is 2.14. The highest BCUT2D eigenvalue weighted by Gasteiger charge is 2.21. The summed E-state index contributed by atoms with van der Waals surface area (Å²) in [5, 5.41) is 3.11. The predicted octanol–water partition coefficient (Wildman–Crippen LogP) is 3.46. The molecular formula is C19H29NO4. The molecule has 24 heavy (non-hydrogen) atoms. The molecule has 134 valence electrons. The number of esters is 2.